The molecule has 2 aliphatic rings. The number of hydrogen-bond donors (Lipinski definition) is 2. The minimum absolute atomic E-state index is 0.0401. The van der Waals surface area contributed by atoms with E-state index in [2.05, 4.69) is 9.44 Å². The quantitative estimate of drug-likeness (QED) is 0.297. The molecule has 0 fully saturated rings. The van der Waals surface area contributed by atoms with Crippen LogP contribution in [0, 0.1) is 0 Å². The van der Waals surface area contributed by atoms with Crippen LogP contribution in [0.15, 0.2) is 70.5 Å². The zero-order valence-electron chi connectivity index (χ0n) is 20.4. The minimum Gasteiger partial charge on any atom is -0.486 e. The van der Waals surface area contributed by atoms with Crippen LogP contribution in [-0.4, -0.2) is 43.3 Å². The van der Waals surface area contributed by atoms with Gasteiger partial charge < -0.3 is 18.9 Å². The van der Waals surface area contributed by atoms with Gasteiger partial charge in [-0.3, -0.25) is 9.44 Å². The number of rotatable bonds is 6. The van der Waals surface area contributed by atoms with Gasteiger partial charge >= 0.3 is 0 Å². The lowest BCUT2D eigenvalue weighted by Crippen LogP contribution is -2.18. The fourth-order valence-electron chi connectivity index (χ4n) is 4.38. The topological polar surface area (TPSA) is 129 Å². The number of anilines is 2. The molecule has 208 valence electrons. The van der Waals surface area contributed by atoms with E-state index in [1.54, 1.807) is 24.3 Å². The monoisotopic (exact) mass is 622 g/mol. The molecule has 4 aromatic rings. The second kappa shape index (κ2) is 10.1. The average molecular weight is 623 g/mol. The number of ether oxygens (including phenoxy) is 4. The molecule has 0 saturated carbocycles. The van der Waals surface area contributed by atoms with E-state index in [9.17, 15) is 16.8 Å². The molecule has 0 amide bonds. The van der Waals surface area contributed by atoms with Gasteiger partial charge in [-0.25, -0.2) is 16.8 Å². The van der Waals surface area contributed by atoms with Gasteiger partial charge in [0.05, 0.1) is 21.4 Å². The van der Waals surface area contributed by atoms with E-state index in [1.807, 2.05) is 0 Å². The van der Waals surface area contributed by atoms with Gasteiger partial charge in [-0.1, -0.05) is 47.5 Å². The van der Waals surface area contributed by atoms with Crippen LogP contribution in [-0.2, 0) is 20.0 Å². The van der Waals surface area contributed by atoms with Gasteiger partial charge in [0.15, 0.2) is 23.0 Å². The molecule has 10 nitrogen and oxygen atoms in total. The maximum Gasteiger partial charge on any atom is 0.263 e. The molecule has 2 heterocycles. The van der Waals surface area contributed by atoms with Crippen molar-refractivity contribution < 1.29 is 35.8 Å². The first-order chi connectivity index (χ1) is 19.1. The third-order valence-electron chi connectivity index (χ3n) is 6.19. The van der Waals surface area contributed by atoms with E-state index in [4.69, 9.17) is 42.1 Å². The van der Waals surface area contributed by atoms with Gasteiger partial charge in [-0.2, -0.15) is 0 Å². The summed E-state index contributed by atoms with van der Waals surface area (Å²) in [7, 11) is -8.35. The molecule has 0 aliphatic carbocycles. The normalized spacial score (nSPS) is 14.6. The highest BCUT2D eigenvalue weighted by atomic mass is 35.5. The van der Waals surface area contributed by atoms with Gasteiger partial charge in [0, 0.05) is 35.0 Å². The number of sulfonamides is 2. The fourth-order valence-corrected chi connectivity index (χ4v) is 7.61. The number of halogens is 2. The largest absolute Gasteiger partial charge is 0.486 e. The standard InChI is InChI=1S/C26H20Cl2N2O8S2/c27-17-11-21-23(37-9-7-35-21)13-25(17)39(31,32)29-19-5-6-20(16-4-2-1-3-15(16)19)30-40(33,34)26-14-24-22(12-18(26)28)36-8-10-38-24/h1-6,11-14,29-30H,7-10H2. The molecular formula is C26H20Cl2N2O8S2. The molecule has 0 bridgehead atoms. The van der Waals surface area contributed by atoms with Crippen LogP contribution in [0.5, 0.6) is 23.0 Å². The van der Waals surface area contributed by atoms with Crippen molar-refractivity contribution in [3.05, 3.63) is 70.7 Å². The molecule has 0 atom stereocenters. The zero-order valence-corrected chi connectivity index (χ0v) is 23.6. The summed E-state index contributed by atoms with van der Waals surface area (Å²) in [4.78, 5) is -0.388. The SMILES string of the molecule is O=S(=O)(Nc1ccc(NS(=O)(=O)c2cc3c(cc2Cl)OCCO3)c2ccccc12)c1cc2c(cc1Cl)OCCO2. The Morgan fingerprint density at radius 1 is 0.550 bits per heavy atom. The van der Waals surface area contributed by atoms with Crippen LogP contribution in [0.25, 0.3) is 10.8 Å². The van der Waals surface area contributed by atoms with Gasteiger partial charge in [0.2, 0.25) is 0 Å². The first-order valence-corrected chi connectivity index (χ1v) is 15.6. The van der Waals surface area contributed by atoms with Crippen LogP contribution in [0.1, 0.15) is 0 Å². The Kier molecular flexibility index (Phi) is 6.73. The summed E-state index contributed by atoms with van der Waals surface area (Å²) >= 11 is 12.6. The Bertz CT molecular complexity index is 1750. The Hall–Kier alpha value is -3.58. The Balaban J connectivity index is 1.35. The molecule has 14 heteroatoms. The molecule has 40 heavy (non-hydrogen) atoms. The molecule has 2 aliphatic heterocycles. The fraction of sp³-hybridized carbons (Fsp3) is 0.154. The van der Waals surface area contributed by atoms with Crippen molar-refractivity contribution in [2.75, 3.05) is 35.9 Å². The summed E-state index contributed by atoms with van der Waals surface area (Å²) in [6, 6.07) is 15.0. The molecule has 4 aromatic carbocycles. The second-order valence-corrected chi connectivity index (χ2v) is 12.9. The molecule has 0 spiro atoms. The van der Waals surface area contributed by atoms with Crippen molar-refractivity contribution in [2.24, 2.45) is 0 Å². The molecule has 2 N–H and O–H groups in total. The van der Waals surface area contributed by atoms with E-state index < -0.39 is 20.0 Å². The van der Waals surface area contributed by atoms with Gasteiger partial charge in [0.25, 0.3) is 20.0 Å². The van der Waals surface area contributed by atoms with Gasteiger partial charge in [-0.15, -0.1) is 0 Å². The van der Waals surface area contributed by atoms with E-state index in [1.165, 1.54) is 36.4 Å². The molecule has 6 rings (SSSR count). The predicted molar refractivity (Wildman–Crippen MR) is 150 cm³/mol. The van der Waals surface area contributed by atoms with Crippen LogP contribution in [0.4, 0.5) is 11.4 Å². The van der Waals surface area contributed by atoms with Crippen LogP contribution >= 0.6 is 23.2 Å². The van der Waals surface area contributed by atoms with Crippen LogP contribution in [0.2, 0.25) is 10.0 Å². The molecular weight excluding hydrogens is 603 g/mol. The third kappa shape index (κ3) is 4.92. The van der Waals surface area contributed by atoms with Crippen molar-refractivity contribution >= 4 is 65.4 Å². The Morgan fingerprint density at radius 3 is 1.27 bits per heavy atom. The zero-order chi connectivity index (χ0) is 28.1. The highest BCUT2D eigenvalue weighted by molar-refractivity contribution is 7.93. The van der Waals surface area contributed by atoms with Crippen molar-refractivity contribution in [3.63, 3.8) is 0 Å². The maximum absolute atomic E-state index is 13.4. The average Bonchev–Trinajstić information content (AvgIpc) is 2.93. The van der Waals surface area contributed by atoms with Crippen molar-refractivity contribution in [3.8, 4) is 23.0 Å². The Morgan fingerprint density at radius 2 is 0.900 bits per heavy atom. The second-order valence-electron chi connectivity index (χ2n) is 8.77. The lowest BCUT2D eigenvalue weighted by molar-refractivity contribution is 0.171. The summed E-state index contributed by atoms with van der Waals surface area (Å²) in [5, 5.41) is 0.796. The summed E-state index contributed by atoms with van der Waals surface area (Å²) in [6.07, 6.45) is 0. The highest BCUT2D eigenvalue weighted by Gasteiger charge is 2.26. The lowest BCUT2D eigenvalue weighted by Gasteiger charge is -2.21. The number of fused-ring (bicyclic) bond motifs is 3. The van der Waals surface area contributed by atoms with Crippen molar-refractivity contribution in [1.82, 2.24) is 0 Å². The van der Waals surface area contributed by atoms with Crippen LogP contribution in [0.3, 0.4) is 0 Å². The van der Waals surface area contributed by atoms with E-state index >= 15 is 0 Å². The van der Waals surface area contributed by atoms with Crippen molar-refractivity contribution in [2.45, 2.75) is 9.79 Å². The van der Waals surface area contributed by atoms with Gasteiger partial charge in [0.1, 0.15) is 36.2 Å². The summed E-state index contributed by atoms with van der Waals surface area (Å²) < 4.78 is 80.5. The smallest absolute Gasteiger partial charge is 0.263 e. The van der Waals surface area contributed by atoms with E-state index in [0.717, 1.165) is 0 Å². The molecule has 0 aromatic heterocycles. The maximum atomic E-state index is 13.4. The predicted octanol–water partition coefficient (Wildman–Crippen LogP) is 5.29. The van der Waals surface area contributed by atoms with Gasteiger partial charge in [-0.05, 0) is 12.1 Å². The lowest BCUT2D eigenvalue weighted by atomic mass is 10.1. The molecule has 0 saturated heterocycles. The van der Waals surface area contributed by atoms with Crippen LogP contribution < -0.4 is 28.4 Å². The van der Waals surface area contributed by atoms with E-state index in [0.29, 0.717) is 35.5 Å². The number of hydrogen-bond acceptors (Lipinski definition) is 8. The summed E-state index contributed by atoms with van der Waals surface area (Å²) in [5.74, 6) is 1.25. The Labute approximate surface area is 239 Å². The highest BCUT2D eigenvalue weighted by Crippen LogP contribution is 2.40. The van der Waals surface area contributed by atoms with Crippen molar-refractivity contribution in [1.29, 1.82) is 0 Å². The van der Waals surface area contributed by atoms with E-state index in [-0.39, 0.29) is 55.9 Å². The first kappa shape index (κ1) is 26.6. The third-order valence-corrected chi connectivity index (χ3v) is 9.85. The first-order valence-electron chi connectivity index (χ1n) is 11.9. The number of benzene rings is 4. The summed E-state index contributed by atoms with van der Waals surface area (Å²) in [5.41, 5.74) is 0.420. The molecule has 0 radical (unpaired) electrons. The minimum atomic E-state index is -4.17. The molecule has 0 unspecified atom stereocenters. The number of nitrogens with one attached hydrogen (secondary N) is 2. The summed E-state index contributed by atoms with van der Waals surface area (Å²) in [6.45, 7) is 1.22.